The molecule has 1 aliphatic rings. The molecule has 1 aliphatic heterocycles. The number of nitrogens with zero attached hydrogens (tertiary/aromatic N) is 1. The quantitative estimate of drug-likeness (QED) is 0.784. The Balaban J connectivity index is 2.05. The van der Waals surface area contributed by atoms with E-state index in [1.54, 1.807) is 0 Å². The van der Waals surface area contributed by atoms with Gasteiger partial charge in [0.2, 0.25) is 0 Å². The number of piperazine rings is 1. The van der Waals surface area contributed by atoms with E-state index in [1.807, 2.05) is 0 Å². The summed E-state index contributed by atoms with van der Waals surface area (Å²) in [5, 5.41) is 4.83. The van der Waals surface area contributed by atoms with Crippen molar-refractivity contribution in [3.8, 4) is 0 Å². The lowest BCUT2D eigenvalue weighted by Crippen LogP contribution is -2.43. The Bertz CT molecular complexity index is 529. The van der Waals surface area contributed by atoms with Crippen LogP contribution in [0.2, 0.25) is 0 Å². The molecule has 1 saturated heterocycles. The molecule has 1 aromatic carbocycles. The third kappa shape index (κ3) is 1.85. The molecule has 1 aromatic heterocycles. The Morgan fingerprint density at radius 1 is 1.35 bits per heavy atom. The van der Waals surface area contributed by atoms with Crippen LogP contribution in [-0.4, -0.2) is 36.6 Å². The van der Waals surface area contributed by atoms with Crippen molar-refractivity contribution in [1.29, 1.82) is 0 Å². The minimum absolute atomic E-state index is 0.486. The van der Waals surface area contributed by atoms with Crippen molar-refractivity contribution in [2.24, 2.45) is 0 Å². The first-order chi connectivity index (χ1) is 8.25. The molecule has 0 radical (unpaired) electrons. The van der Waals surface area contributed by atoms with E-state index in [0.717, 1.165) is 19.6 Å². The lowest BCUT2D eigenvalue weighted by Gasteiger charge is -2.33. The number of aromatic amines is 1. The SMILES string of the molecule is Cc1ccc2c(C3CNCCN3C)c[nH]c2c1. The normalized spacial score (nSPS) is 22.1. The van der Waals surface area contributed by atoms with Crippen LogP contribution in [0, 0.1) is 6.92 Å². The zero-order chi connectivity index (χ0) is 11.8. The fraction of sp³-hybridized carbons (Fsp3) is 0.429. The Kier molecular flexibility index (Phi) is 2.65. The second-order valence-corrected chi connectivity index (χ2v) is 4.99. The Morgan fingerprint density at radius 3 is 3.06 bits per heavy atom. The molecule has 0 bridgehead atoms. The molecule has 3 nitrogen and oxygen atoms in total. The summed E-state index contributed by atoms with van der Waals surface area (Å²) in [6, 6.07) is 7.13. The van der Waals surface area contributed by atoms with Gasteiger partial charge in [0.25, 0.3) is 0 Å². The Morgan fingerprint density at radius 2 is 2.24 bits per heavy atom. The minimum atomic E-state index is 0.486. The van der Waals surface area contributed by atoms with Gasteiger partial charge in [-0.25, -0.2) is 0 Å². The highest BCUT2D eigenvalue weighted by Crippen LogP contribution is 2.28. The van der Waals surface area contributed by atoms with Crippen molar-refractivity contribution in [2.45, 2.75) is 13.0 Å². The molecule has 0 aliphatic carbocycles. The molecule has 1 unspecified atom stereocenters. The summed E-state index contributed by atoms with van der Waals surface area (Å²) in [4.78, 5) is 5.82. The maximum atomic E-state index is 3.47. The van der Waals surface area contributed by atoms with Gasteiger partial charge in [-0.15, -0.1) is 0 Å². The van der Waals surface area contributed by atoms with Crippen LogP contribution < -0.4 is 5.32 Å². The number of aryl methyl sites for hydroxylation is 1. The second kappa shape index (κ2) is 4.17. The maximum absolute atomic E-state index is 3.47. The summed E-state index contributed by atoms with van der Waals surface area (Å²) < 4.78 is 0. The van der Waals surface area contributed by atoms with Gasteiger partial charge in [0.05, 0.1) is 0 Å². The van der Waals surface area contributed by atoms with Crippen LogP contribution >= 0.6 is 0 Å². The Hall–Kier alpha value is -1.32. The lowest BCUT2D eigenvalue weighted by atomic mass is 10.0. The van der Waals surface area contributed by atoms with Crippen LogP contribution in [-0.2, 0) is 0 Å². The van der Waals surface area contributed by atoms with Gasteiger partial charge >= 0.3 is 0 Å². The van der Waals surface area contributed by atoms with Crippen LogP contribution in [0.25, 0.3) is 10.9 Å². The smallest absolute Gasteiger partial charge is 0.0491 e. The molecule has 17 heavy (non-hydrogen) atoms. The molecule has 90 valence electrons. The first-order valence-corrected chi connectivity index (χ1v) is 6.24. The monoisotopic (exact) mass is 229 g/mol. The molecule has 2 aromatic rings. The van der Waals surface area contributed by atoms with Crippen molar-refractivity contribution in [1.82, 2.24) is 15.2 Å². The zero-order valence-corrected chi connectivity index (χ0v) is 10.5. The number of rotatable bonds is 1. The van der Waals surface area contributed by atoms with E-state index in [2.05, 4.69) is 53.6 Å². The average molecular weight is 229 g/mol. The van der Waals surface area contributed by atoms with Gasteiger partial charge in [0.15, 0.2) is 0 Å². The van der Waals surface area contributed by atoms with Gasteiger partial charge < -0.3 is 10.3 Å². The highest BCUT2D eigenvalue weighted by molar-refractivity contribution is 5.84. The molecular formula is C14H19N3. The summed E-state index contributed by atoms with van der Waals surface area (Å²) in [6.45, 7) is 5.38. The zero-order valence-electron chi connectivity index (χ0n) is 10.5. The van der Waals surface area contributed by atoms with Gasteiger partial charge in [-0.3, -0.25) is 4.90 Å². The number of aromatic nitrogens is 1. The van der Waals surface area contributed by atoms with Crippen molar-refractivity contribution in [3.05, 3.63) is 35.5 Å². The van der Waals surface area contributed by atoms with Gasteiger partial charge in [-0.2, -0.15) is 0 Å². The minimum Gasteiger partial charge on any atom is -0.361 e. The van der Waals surface area contributed by atoms with E-state index in [1.165, 1.54) is 22.0 Å². The maximum Gasteiger partial charge on any atom is 0.0491 e. The molecule has 0 saturated carbocycles. The average Bonchev–Trinajstić information content (AvgIpc) is 2.72. The van der Waals surface area contributed by atoms with Crippen molar-refractivity contribution in [2.75, 3.05) is 26.7 Å². The third-order valence-corrected chi connectivity index (χ3v) is 3.74. The van der Waals surface area contributed by atoms with Crippen LogP contribution in [0.4, 0.5) is 0 Å². The highest BCUT2D eigenvalue weighted by atomic mass is 15.2. The fourth-order valence-electron chi connectivity index (χ4n) is 2.69. The summed E-state index contributed by atoms with van der Waals surface area (Å²) in [5.74, 6) is 0. The first kappa shape index (κ1) is 10.8. The van der Waals surface area contributed by atoms with Crippen LogP contribution in [0.1, 0.15) is 17.2 Å². The summed E-state index contributed by atoms with van der Waals surface area (Å²) >= 11 is 0. The number of fused-ring (bicyclic) bond motifs is 1. The van der Waals surface area contributed by atoms with E-state index in [9.17, 15) is 0 Å². The van der Waals surface area contributed by atoms with Crippen LogP contribution in [0.5, 0.6) is 0 Å². The van der Waals surface area contributed by atoms with E-state index >= 15 is 0 Å². The number of benzene rings is 1. The van der Waals surface area contributed by atoms with Crippen LogP contribution in [0.15, 0.2) is 24.4 Å². The van der Waals surface area contributed by atoms with Crippen molar-refractivity contribution in [3.63, 3.8) is 0 Å². The second-order valence-electron chi connectivity index (χ2n) is 4.99. The molecule has 1 fully saturated rings. The summed E-state index contributed by atoms with van der Waals surface area (Å²) in [6.07, 6.45) is 2.16. The highest BCUT2D eigenvalue weighted by Gasteiger charge is 2.22. The van der Waals surface area contributed by atoms with E-state index < -0.39 is 0 Å². The largest absolute Gasteiger partial charge is 0.361 e. The van der Waals surface area contributed by atoms with Crippen LogP contribution in [0.3, 0.4) is 0 Å². The third-order valence-electron chi connectivity index (χ3n) is 3.74. The molecule has 0 amide bonds. The lowest BCUT2D eigenvalue weighted by molar-refractivity contribution is 0.203. The topological polar surface area (TPSA) is 31.1 Å². The molecule has 3 heteroatoms. The van der Waals surface area contributed by atoms with Gasteiger partial charge in [0, 0.05) is 42.8 Å². The van der Waals surface area contributed by atoms with Gasteiger partial charge in [0.1, 0.15) is 0 Å². The molecule has 2 N–H and O–H groups in total. The molecule has 3 rings (SSSR count). The summed E-state index contributed by atoms with van der Waals surface area (Å²) in [7, 11) is 2.21. The van der Waals surface area contributed by atoms with E-state index in [0.29, 0.717) is 6.04 Å². The predicted molar refractivity (Wildman–Crippen MR) is 71.3 cm³/mol. The van der Waals surface area contributed by atoms with E-state index in [-0.39, 0.29) is 0 Å². The van der Waals surface area contributed by atoms with E-state index in [4.69, 9.17) is 0 Å². The summed E-state index contributed by atoms with van der Waals surface area (Å²) in [5.41, 5.74) is 3.97. The number of H-pyrrole nitrogens is 1. The van der Waals surface area contributed by atoms with Crippen molar-refractivity contribution < 1.29 is 0 Å². The van der Waals surface area contributed by atoms with Crippen molar-refractivity contribution >= 4 is 10.9 Å². The number of hydrogen-bond acceptors (Lipinski definition) is 2. The molecule has 2 heterocycles. The molecule has 0 spiro atoms. The molecule has 1 atom stereocenters. The fourth-order valence-corrected chi connectivity index (χ4v) is 2.69. The molecular weight excluding hydrogens is 210 g/mol. The van der Waals surface area contributed by atoms with Gasteiger partial charge in [-0.1, -0.05) is 12.1 Å². The number of nitrogens with one attached hydrogen (secondary N) is 2. The predicted octanol–water partition coefficient (Wildman–Crippen LogP) is 2.05. The van der Waals surface area contributed by atoms with Gasteiger partial charge in [-0.05, 0) is 31.2 Å². The standard InChI is InChI=1S/C14H19N3/c1-10-3-4-11-12(8-16-13(11)7-10)14-9-15-5-6-17(14)2/h3-4,7-8,14-16H,5-6,9H2,1-2H3. The first-order valence-electron chi connectivity index (χ1n) is 6.24. The number of hydrogen-bond donors (Lipinski definition) is 2. The number of likely N-dealkylation sites (N-methyl/N-ethyl adjacent to an activating group) is 1. The Labute approximate surface area is 102 Å².